The minimum Gasteiger partial charge on any atom is -0.379 e. The second-order valence-electron chi connectivity index (χ2n) is 3.24. The van der Waals surface area contributed by atoms with Gasteiger partial charge in [0.2, 0.25) is 0 Å². The highest BCUT2D eigenvalue weighted by molar-refractivity contribution is 5.49. The highest BCUT2D eigenvalue weighted by atomic mass is 19.1. The number of aromatic amines is 1. The molecule has 0 atom stereocenters. The van der Waals surface area contributed by atoms with Gasteiger partial charge in [-0.15, -0.1) is 0 Å². The molecule has 0 bridgehead atoms. The van der Waals surface area contributed by atoms with Gasteiger partial charge in [-0.3, -0.25) is 0 Å². The molecule has 5 heteroatoms. The van der Waals surface area contributed by atoms with Crippen LogP contribution in [0, 0.1) is 17.1 Å². The number of imidazole rings is 1. The van der Waals surface area contributed by atoms with Crippen LogP contribution in [-0.4, -0.2) is 9.97 Å². The first-order chi connectivity index (χ1) is 7.79. The summed E-state index contributed by atoms with van der Waals surface area (Å²) in [7, 11) is 0. The summed E-state index contributed by atoms with van der Waals surface area (Å²) in [6.07, 6.45) is 3.28. The number of nitriles is 1. The molecule has 1 heterocycles. The lowest BCUT2D eigenvalue weighted by Crippen LogP contribution is -2.00. The van der Waals surface area contributed by atoms with E-state index in [9.17, 15) is 4.39 Å². The molecule has 16 heavy (non-hydrogen) atoms. The van der Waals surface area contributed by atoms with Gasteiger partial charge in [0.15, 0.2) is 0 Å². The predicted octanol–water partition coefficient (Wildman–Crippen LogP) is 2.03. The summed E-state index contributed by atoms with van der Waals surface area (Å²) in [4.78, 5) is 6.81. The van der Waals surface area contributed by atoms with Gasteiger partial charge in [0.05, 0.1) is 24.1 Å². The second-order valence-corrected chi connectivity index (χ2v) is 3.24. The monoisotopic (exact) mass is 216 g/mol. The van der Waals surface area contributed by atoms with E-state index in [2.05, 4.69) is 15.3 Å². The predicted molar refractivity (Wildman–Crippen MR) is 57.0 cm³/mol. The van der Waals surface area contributed by atoms with E-state index in [1.807, 2.05) is 0 Å². The van der Waals surface area contributed by atoms with Gasteiger partial charge < -0.3 is 10.3 Å². The van der Waals surface area contributed by atoms with Crippen LogP contribution >= 0.6 is 0 Å². The van der Waals surface area contributed by atoms with Crippen LogP contribution in [0.15, 0.2) is 30.7 Å². The summed E-state index contributed by atoms with van der Waals surface area (Å²) in [5, 5.41) is 11.7. The van der Waals surface area contributed by atoms with Gasteiger partial charge in [0.1, 0.15) is 11.9 Å². The standard InChI is InChI=1S/C11H9FN4/c12-11-2-1-9(3-8(11)4-13)15-6-10-5-14-7-16-10/h1-3,5,7,15H,6H2,(H,14,16). The van der Waals surface area contributed by atoms with Crippen molar-refractivity contribution >= 4 is 5.69 Å². The van der Waals surface area contributed by atoms with Crippen LogP contribution in [0.3, 0.4) is 0 Å². The molecule has 80 valence electrons. The molecule has 1 aromatic heterocycles. The van der Waals surface area contributed by atoms with Crippen molar-refractivity contribution in [1.29, 1.82) is 5.26 Å². The van der Waals surface area contributed by atoms with Gasteiger partial charge in [0, 0.05) is 11.9 Å². The van der Waals surface area contributed by atoms with Crippen molar-refractivity contribution in [3.8, 4) is 6.07 Å². The third-order valence-electron chi connectivity index (χ3n) is 2.12. The van der Waals surface area contributed by atoms with E-state index in [-0.39, 0.29) is 5.56 Å². The molecule has 0 fully saturated rings. The van der Waals surface area contributed by atoms with E-state index >= 15 is 0 Å². The summed E-state index contributed by atoms with van der Waals surface area (Å²) in [6, 6.07) is 6.13. The smallest absolute Gasteiger partial charge is 0.141 e. The Morgan fingerprint density at radius 1 is 1.50 bits per heavy atom. The molecule has 0 saturated heterocycles. The number of nitrogens with zero attached hydrogens (tertiary/aromatic N) is 2. The molecular formula is C11H9FN4. The molecule has 0 unspecified atom stereocenters. The summed E-state index contributed by atoms with van der Waals surface area (Å²) < 4.78 is 13.0. The average Bonchev–Trinajstić information content (AvgIpc) is 2.81. The molecule has 0 amide bonds. The van der Waals surface area contributed by atoms with Gasteiger partial charge in [-0.1, -0.05) is 0 Å². The van der Waals surface area contributed by atoms with Gasteiger partial charge in [-0.05, 0) is 18.2 Å². The maximum absolute atomic E-state index is 13.0. The minimum absolute atomic E-state index is 0.0367. The zero-order chi connectivity index (χ0) is 11.4. The Hall–Kier alpha value is -2.35. The van der Waals surface area contributed by atoms with E-state index in [1.54, 1.807) is 24.7 Å². The van der Waals surface area contributed by atoms with Crippen molar-refractivity contribution in [2.24, 2.45) is 0 Å². The van der Waals surface area contributed by atoms with Gasteiger partial charge in [-0.25, -0.2) is 9.37 Å². The van der Waals surface area contributed by atoms with Crippen LogP contribution in [0.2, 0.25) is 0 Å². The van der Waals surface area contributed by atoms with Crippen LogP contribution in [0.5, 0.6) is 0 Å². The van der Waals surface area contributed by atoms with Crippen LogP contribution in [0.4, 0.5) is 10.1 Å². The number of aromatic nitrogens is 2. The third kappa shape index (κ3) is 2.17. The highest BCUT2D eigenvalue weighted by Crippen LogP contribution is 2.14. The summed E-state index contributed by atoms with van der Waals surface area (Å²) in [5.41, 5.74) is 1.66. The molecular weight excluding hydrogens is 207 g/mol. The number of nitrogens with one attached hydrogen (secondary N) is 2. The molecule has 0 saturated carbocycles. The number of H-pyrrole nitrogens is 1. The number of hydrogen-bond acceptors (Lipinski definition) is 3. The SMILES string of the molecule is N#Cc1cc(NCc2cnc[nH]2)ccc1F. The van der Waals surface area contributed by atoms with Gasteiger partial charge >= 0.3 is 0 Å². The Balaban J connectivity index is 2.08. The minimum atomic E-state index is -0.505. The Morgan fingerprint density at radius 3 is 3.06 bits per heavy atom. The average molecular weight is 216 g/mol. The van der Waals surface area contributed by atoms with E-state index in [4.69, 9.17) is 5.26 Å². The Bertz CT molecular complexity index is 513. The fourth-order valence-electron chi connectivity index (χ4n) is 1.30. The van der Waals surface area contributed by atoms with E-state index in [0.29, 0.717) is 12.2 Å². The molecule has 2 rings (SSSR count). The molecule has 0 aliphatic heterocycles. The van der Waals surface area contributed by atoms with Crippen molar-refractivity contribution in [2.75, 3.05) is 5.32 Å². The maximum atomic E-state index is 13.0. The Morgan fingerprint density at radius 2 is 2.38 bits per heavy atom. The summed E-state index contributed by atoms with van der Waals surface area (Å²) in [6.45, 7) is 0.552. The van der Waals surface area contributed by atoms with Gasteiger partial charge in [-0.2, -0.15) is 5.26 Å². The zero-order valence-corrected chi connectivity index (χ0v) is 8.37. The molecule has 0 spiro atoms. The first-order valence-electron chi connectivity index (χ1n) is 4.70. The van der Waals surface area contributed by atoms with E-state index in [1.165, 1.54) is 12.1 Å². The topological polar surface area (TPSA) is 64.5 Å². The summed E-state index contributed by atoms with van der Waals surface area (Å²) in [5.74, 6) is -0.505. The number of hydrogen-bond donors (Lipinski definition) is 2. The van der Waals surface area contributed by atoms with Crippen LogP contribution < -0.4 is 5.32 Å². The normalized spacial score (nSPS) is 9.75. The number of benzene rings is 1. The van der Waals surface area contributed by atoms with E-state index in [0.717, 1.165) is 5.69 Å². The van der Waals surface area contributed by atoms with Crippen LogP contribution in [0.25, 0.3) is 0 Å². The van der Waals surface area contributed by atoms with Crippen molar-refractivity contribution in [3.63, 3.8) is 0 Å². The highest BCUT2D eigenvalue weighted by Gasteiger charge is 2.02. The number of rotatable bonds is 3. The lowest BCUT2D eigenvalue weighted by Gasteiger charge is -2.05. The largest absolute Gasteiger partial charge is 0.379 e. The van der Waals surface area contributed by atoms with Gasteiger partial charge in [0.25, 0.3) is 0 Å². The van der Waals surface area contributed by atoms with E-state index < -0.39 is 5.82 Å². The van der Waals surface area contributed by atoms with Crippen molar-refractivity contribution in [2.45, 2.75) is 6.54 Å². The third-order valence-corrected chi connectivity index (χ3v) is 2.12. The fraction of sp³-hybridized carbons (Fsp3) is 0.0909. The lowest BCUT2D eigenvalue weighted by atomic mass is 10.2. The molecule has 0 radical (unpaired) electrons. The number of anilines is 1. The maximum Gasteiger partial charge on any atom is 0.141 e. The molecule has 4 nitrogen and oxygen atoms in total. The molecule has 2 N–H and O–H groups in total. The zero-order valence-electron chi connectivity index (χ0n) is 8.37. The van der Waals surface area contributed by atoms with Crippen molar-refractivity contribution in [1.82, 2.24) is 9.97 Å². The van der Waals surface area contributed by atoms with Crippen LogP contribution in [-0.2, 0) is 6.54 Å². The first-order valence-corrected chi connectivity index (χ1v) is 4.70. The number of halogens is 1. The Kier molecular flexibility index (Phi) is 2.83. The van der Waals surface area contributed by atoms with Crippen LogP contribution in [0.1, 0.15) is 11.3 Å². The summed E-state index contributed by atoms with van der Waals surface area (Å²) >= 11 is 0. The first kappa shape index (κ1) is 10.2. The Labute approximate surface area is 91.8 Å². The molecule has 0 aliphatic carbocycles. The van der Waals surface area contributed by atoms with Crippen molar-refractivity contribution < 1.29 is 4.39 Å². The fourth-order valence-corrected chi connectivity index (χ4v) is 1.30. The molecule has 1 aromatic carbocycles. The second kappa shape index (κ2) is 4.45. The van der Waals surface area contributed by atoms with Crippen molar-refractivity contribution in [3.05, 3.63) is 47.8 Å². The molecule has 2 aromatic rings. The lowest BCUT2D eigenvalue weighted by molar-refractivity contribution is 0.624. The quantitative estimate of drug-likeness (QED) is 0.825. The molecule has 0 aliphatic rings.